The molecule has 13 heterocycles. The quantitative estimate of drug-likeness (QED) is 0.0598. The van der Waals surface area contributed by atoms with E-state index in [-0.39, 0.29) is 0 Å². The van der Waals surface area contributed by atoms with E-state index in [4.69, 9.17) is 29.9 Å². The van der Waals surface area contributed by atoms with Crippen molar-refractivity contribution in [1.82, 2.24) is 39.9 Å². The molecule has 32 heteroatoms. The van der Waals surface area contributed by atoms with Gasteiger partial charge in [-0.3, -0.25) is 0 Å². The van der Waals surface area contributed by atoms with Gasteiger partial charge in [0.2, 0.25) is 0 Å². The zero-order chi connectivity index (χ0) is 70.7. The van der Waals surface area contributed by atoms with Crippen LogP contribution in [0.25, 0.3) is 116 Å². The van der Waals surface area contributed by atoms with Crippen LogP contribution in [0.3, 0.4) is 0 Å². The van der Waals surface area contributed by atoms with Crippen molar-refractivity contribution in [1.29, 1.82) is 0 Å². The van der Waals surface area contributed by atoms with Crippen LogP contribution in [-0.2, 0) is 0 Å². The van der Waals surface area contributed by atoms with E-state index in [0.29, 0.717) is 45.2 Å². The Kier molecular flexibility index (Phi) is 25.5. The average Bonchev–Trinajstić information content (AvgIpc) is 1.58. The summed E-state index contributed by atoms with van der Waals surface area (Å²) in [6.45, 7) is 18.3. The molecule has 0 fully saturated rings. The second-order valence-electron chi connectivity index (χ2n) is 24.0. The Morgan fingerprint density at radius 3 is 0.654 bits per heavy atom. The molecule has 0 aliphatic carbocycles. The summed E-state index contributed by atoms with van der Waals surface area (Å²) in [5.74, 6) is 8.99. The summed E-state index contributed by atoms with van der Waals surface area (Å²) in [7, 11) is 0. The smallest absolute Gasteiger partial charge is 0.164 e. The minimum absolute atomic E-state index is 0.621. The molecule has 7 aromatic heterocycles. The van der Waals surface area contributed by atoms with Crippen molar-refractivity contribution in [2.24, 2.45) is 0 Å². The van der Waals surface area contributed by atoms with E-state index in [9.17, 15) is 0 Å². The SMILES string of the molecule is CCCSC1=C(SCCC)SC(=C2Sc3cc4c5nc6nc(nc7[nH]c(nc8nc(nc([nH]5)c4cc3S2)c2cc3sc(=C4SC(SCCC)=C(SCCC)S4)sc3cc82)c2cc3c(cc72)SC(=C2SC(SCCC)=C(SCCC)S2)S3)c2cc3sc(=C4SC(SCCC)=C(SCCC)S4)sc3cc62)S1. The van der Waals surface area contributed by atoms with Crippen LogP contribution >= 0.6 is 281 Å². The number of hydrogen-bond acceptors (Lipinski definition) is 30. The van der Waals surface area contributed by atoms with Crippen LogP contribution in [0.2, 0.25) is 0 Å². The Labute approximate surface area is 705 Å². The molecular formula is C72H66N8S24. The summed E-state index contributed by atoms with van der Waals surface area (Å²) in [5, 5.41) is 7.83. The molecule has 0 saturated heterocycles. The van der Waals surface area contributed by atoms with Crippen LogP contribution in [0.5, 0.6) is 0 Å². The van der Waals surface area contributed by atoms with Gasteiger partial charge in [-0.15, -0.1) is 139 Å². The van der Waals surface area contributed by atoms with Crippen molar-refractivity contribution in [2.75, 3.05) is 46.0 Å². The van der Waals surface area contributed by atoms with Crippen molar-refractivity contribution >= 4 is 396 Å². The first-order valence-corrected chi connectivity index (χ1v) is 55.4. The van der Waals surface area contributed by atoms with Gasteiger partial charge in [-0.05, 0) is 146 Å². The van der Waals surface area contributed by atoms with E-state index in [1.165, 1.54) is 105 Å². The van der Waals surface area contributed by atoms with E-state index >= 15 is 0 Å². The minimum atomic E-state index is 0.621. The van der Waals surface area contributed by atoms with E-state index in [0.717, 1.165) is 140 Å². The largest absolute Gasteiger partial charge is 0.324 e. The van der Waals surface area contributed by atoms with Crippen LogP contribution in [0.15, 0.2) is 119 Å². The Morgan fingerprint density at radius 2 is 0.442 bits per heavy atom. The molecule has 0 unspecified atom stereocenters. The number of H-pyrrole nitrogens is 2. The first-order valence-electron chi connectivity index (χ1n) is 34.4. The van der Waals surface area contributed by atoms with Crippen molar-refractivity contribution in [3.05, 3.63) is 107 Å². The fraction of sp³-hybridized carbons (Fsp3) is 0.333. The summed E-state index contributed by atoms with van der Waals surface area (Å²) >= 11 is 47.0. The Balaban J connectivity index is 0.898. The third kappa shape index (κ3) is 15.9. The molecule has 0 radical (unpaired) electrons. The van der Waals surface area contributed by atoms with Crippen molar-refractivity contribution in [3.63, 3.8) is 0 Å². The molecule has 0 amide bonds. The zero-order valence-electron chi connectivity index (χ0n) is 57.4. The van der Waals surface area contributed by atoms with Gasteiger partial charge in [0.05, 0.1) is 59.3 Å². The van der Waals surface area contributed by atoms with Crippen LogP contribution < -0.4 is 7.69 Å². The maximum absolute atomic E-state index is 5.75. The number of hydrogen-bond donors (Lipinski definition) is 2. The lowest BCUT2D eigenvalue weighted by Crippen LogP contribution is -1.86. The number of benzene rings is 4. The van der Waals surface area contributed by atoms with E-state index in [1.54, 1.807) is 0 Å². The van der Waals surface area contributed by atoms with Gasteiger partial charge in [-0.25, -0.2) is 29.9 Å². The molecule has 0 atom stereocenters. The van der Waals surface area contributed by atoms with Gasteiger partial charge in [-0.1, -0.05) is 197 Å². The fourth-order valence-corrected chi connectivity index (χ4v) is 45.5. The maximum atomic E-state index is 5.75. The van der Waals surface area contributed by atoms with Gasteiger partial charge in [-0.2, -0.15) is 0 Å². The zero-order valence-corrected chi connectivity index (χ0v) is 77.0. The van der Waals surface area contributed by atoms with Crippen molar-refractivity contribution in [2.45, 2.75) is 126 Å². The number of aromatic amines is 2. The molecule has 538 valence electrons. The van der Waals surface area contributed by atoms with Gasteiger partial charge < -0.3 is 9.97 Å². The molecule has 0 saturated carbocycles. The monoisotopic (exact) mass is 1810 g/mol. The van der Waals surface area contributed by atoms with E-state index in [2.05, 4.69) is 114 Å². The molecule has 4 aromatic carbocycles. The highest BCUT2D eigenvalue weighted by Crippen LogP contribution is 2.67. The van der Waals surface area contributed by atoms with Gasteiger partial charge in [0.1, 0.15) is 30.3 Å². The maximum Gasteiger partial charge on any atom is 0.164 e. The number of nitrogens with one attached hydrogen (secondary N) is 2. The van der Waals surface area contributed by atoms with Gasteiger partial charge in [0, 0.05) is 81.5 Å². The number of nitrogens with zero attached hydrogens (tertiary/aromatic N) is 6. The predicted molar refractivity (Wildman–Crippen MR) is 509 cm³/mol. The van der Waals surface area contributed by atoms with Crippen LogP contribution in [-0.4, -0.2) is 85.9 Å². The molecule has 6 aliphatic heterocycles. The third-order valence-electron chi connectivity index (χ3n) is 16.0. The highest BCUT2D eigenvalue weighted by Gasteiger charge is 2.34. The molecule has 17 rings (SSSR count). The van der Waals surface area contributed by atoms with E-state index < -0.39 is 0 Å². The standard InChI is InChI=1S/C72H66N8S24/c1-9-17-81-57-58(82-18-10-2)98-69(97-57)65-89-41-25-33-34(26-42(41)90-65)50-73-49(33)77-51-35-27-43-45(93-66(91-43)70-99-59(83-19-11-3)60(100-70)84-20-12-4)29-37(35)53(74-51)79-55-39-31-47-48(96-68(95-47)72-103-63(87-23-15-7)64(104-72)88-24-16-8)32-40(39)56(76-55)80-54-38-30-46-44(28-36(38)52(75-54)78-50)92-67(94-46)71-101-61(85-21-13-5)62(102-71)86-22-14-6/h25-32H,9-24H2,1-8H3,(H2,73,74,75,76,77,78,79,80). The fourth-order valence-electron chi connectivity index (χ4n) is 11.4. The first kappa shape index (κ1) is 76.7. The van der Waals surface area contributed by atoms with Crippen LogP contribution in [0.4, 0.5) is 0 Å². The summed E-state index contributed by atoms with van der Waals surface area (Å²) in [6, 6.07) is 18.8. The summed E-state index contributed by atoms with van der Waals surface area (Å²) in [5.41, 5.74) is 5.32. The van der Waals surface area contributed by atoms with Crippen molar-refractivity contribution in [3.8, 4) is 0 Å². The Morgan fingerprint density at radius 1 is 0.240 bits per heavy atom. The highest BCUT2D eigenvalue weighted by atomic mass is 32.3. The van der Waals surface area contributed by atoms with Gasteiger partial charge in [0.25, 0.3) is 0 Å². The first-order chi connectivity index (χ1) is 51.1. The molecular weight excluding hydrogens is 1750 g/mol. The van der Waals surface area contributed by atoms with Crippen LogP contribution in [0, 0.1) is 0 Å². The summed E-state index contributed by atoms with van der Waals surface area (Å²) < 4.78 is 27.4. The van der Waals surface area contributed by atoms with Gasteiger partial charge >= 0.3 is 0 Å². The third-order valence-corrected chi connectivity index (χ3v) is 51.9. The average molecular weight is 1810 g/mol. The second-order valence-corrected chi connectivity index (χ2v) is 53.6. The lowest BCUT2D eigenvalue weighted by Gasteiger charge is -2.02. The molecule has 104 heavy (non-hydrogen) atoms. The molecule has 11 aromatic rings. The number of aromatic nitrogens is 8. The number of thioether (sulfide) groups is 20. The minimum Gasteiger partial charge on any atom is -0.324 e. The second kappa shape index (κ2) is 34.6. The number of fused-ring (bicyclic) bond motifs is 24. The Hall–Kier alpha value is 0.0400. The number of rotatable bonds is 24. The lowest BCUT2D eigenvalue weighted by molar-refractivity contribution is 1.11. The molecule has 0 spiro atoms. The normalized spacial score (nSPS) is 16.7. The van der Waals surface area contributed by atoms with E-state index in [1.807, 2.05) is 281 Å². The predicted octanol–water partition coefficient (Wildman–Crippen LogP) is 30.5. The molecule has 8 nitrogen and oxygen atoms in total. The van der Waals surface area contributed by atoms with Crippen LogP contribution in [0.1, 0.15) is 107 Å². The van der Waals surface area contributed by atoms with Crippen molar-refractivity contribution < 1.29 is 0 Å². The highest BCUT2D eigenvalue weighted by molar-refractivity contribution is 8.47. The molecule has 6 aliphatic rings. The molecule has 2 N–H and O–H groups in total. The summed E-state index contributed by atoms with van der Waals surface area (Å²) in [4.78, 5) is 46.8. The molecule has 8 bridgehead atoms. The lowest BCUT2D eigenvalue weighted by atomic mass is 10.2. The topological polar surface area (TPSA) is 109 Å². The summed E-state index contributed by atoms with van der Waals surface area (Å²) in [6.07, 6.45) is 9.23. The van der Waals surface area contributed by atoms with Gasteiger partial charge in [0.15, 0.2) is 22.6 Å². The Bertz CT molecular complexity index is 5130.